The Hall–Kier alpha value is -2.40. The molecule has 3 heterocycles. The van der Waals surface area contributed by atoms with Gasteiger partial charge in [-0.15, -0.1) is 0 Å². The predicted molar refractivity (Wildman–Crippen MR) is 109 cm³/mol. The van der Waals surface area contributed by atoms with E-state index in [1.165, 1.54) is 10.9 Å². The number of halogens is 4. The predicted octanol–water partition coefficient (Wildman–Crippen LogP) is 3.27. The Morgan fingerprint density at radius 3 is 2.80 bits per heavy atom. The zero-order valence-electron chi connectivity index (χ0n) is 16.2. The average Bonchev–Trinajstić information content (AvgIpc) is 3.18. The molecule has 0 spiro atoms. The van der Waals surface area contributed by atoms with E-state index in [-0.39, 0.29) is 12.0 Å². The van der Waals surface area contributed by atoms with Crippen molar-refractivity contribution in [2.45, 2.75) is 30.2 Å². The molecule has 30 heavy (non-hydrogen) atoms. The number of aryl methyl sites for hydroxylation is 1. The van der Waals surface area contributed by atoms with E-state index in [9.17, 15) is 17.6 Å². The maximum Gasteiger partial charge on any atom is 0.266 e. The molecule has 1 aromatic heterocycles. The highest BCUT2D eigenvalue weighted by molar-refractivity contribution is 8.03. The molecule has 0 saturated carbocycles. The molecule has 1 fully saturated rings. The van der Waals surface area contributed by atoms with Gasteiger partial charge < -0.3 is 21.3 Å². The van der Waals surface area contributed by atoms with Gasteiger partial charge in [0.05, 0.1) is 17.8 Å². The standard InChI is InChI=1S/C19H22F4N6S/c1-27-17(28-5-4-12(24)7-19(22,23)10-28)15(8-26-27)29-9-16(25)30-18(29)13-6-11(20)2-3-14(13)21/h2-3,6,8-9,12,18H,4-5,7,10,24-25H2,1H3. The lowest BCUT2D eigenvalue weighted by molar-refractivity contribution is -0.000532. The molecule has 2 aliphatic heterocycles. The lowest BCUT2D eigenvalue weighted by atomic mass is 10.1. The summed E-state index contributed by atoms with van der Waals surface area (Å²) >= 11 is 1.15. The molecule has 2 atom stereocenters. The number of thioether (sulfide) groups is 1. The number of aromatic nitrogens is 2. The molecule has 4 N–H and O–H groups in total. The third-order valence-electron chi connectivity index (χ3n) is 5.21. The summed E-state index contributed by atoms with van der Waals surface area (Å²) in [5.74, 6) is -3.68. The number of anilines is 2. The molecule has 0 bridgehead atoms. The molecule has 1 aromatic carbocycles. The van der Waals surface area contributed by atoms with Crippen molar-refractivity contribution >= 4 is 23.3 Å². The lowest BCUT2D eigenvalue weighted by Crippen LogP contribution is -2.37. The van der Waals surface area contributed by atoms with Crippen LogP contribution in [0.5, 0.6) is 0 Å². The van der Waals surface area contributed by atoms with E-state index in [2.05, 4.69) is 5.10 Å². The van der Waals surface area contributed by atoms with Crippen molar-refractivity contribution in [3.05, 3.63) is 52.8 Å². The van der Waals surface area contributed by atoms with Crippen LogP contribution in [0.2, 0.25) is 0 Å². The van der Waals surface area contributed by atoms with Crippen molar-refractivity contribution in [2.24, 2.45) is 18.5 Å². The first-order valence-corrected chi connectivity index (χ1v) is 10.3. The number of hydrogen-bond donors (Lipinski definition) is 2. The Kier molecular flexibility index (Phi) is 5.35. The van der Waals surface area contributed by atoms with Crippen molar-refractivity contribution in [1.29, 1.82) is 0 Å². The minimum atomic E-state index is -2.96. The summed E-state index contributed by atoms with van der Waals surface area (Å²) in [6.45, 7) is -0.186. The van der Waals surface area contributed by atoms with Gasteiger partial charge in [0.25, 0.3) is 5.92 Å². The second-order valence-electron chi connectivity index (χ2n) is 7.58. The largest absolute Gasteiger partial charge is 0.392 e. The maximum atomic E-state index is 14.5. The number of benzene rings is 1. The van der Waals surface area contributed by atoms with Gasteiger partial charge in [0, 0.05) is 37.8 Å². The van der Waals surface area contributed by atoms with Crippen LogP contribution in [0.15, 0.2) is 35.6 Å². The molecular formula is C19H22F4N6S. The molecule has 0 amide bonds. The van der Waals surface area contributed by atoms with Crippen molar-refractivity contribution in [3.8, 4) is 0 Å². The van der Waals surface area contributed by atoms with Crippen LogP contribution in [-0.2, 0) is 7.05 Å². The Morgan fingerprint density at radius 2 is 2.03 bits per heavy atom. The van der Waals surface area contributed by atoms with Crippen LogP contribution < -0.4 is 21.3 Å². The van der Waals surface area contributed by atoms with E-state index in [0.717, 1.165) is 30.0 Å². The van der Waals surface area contributed by atoms with E-state index in [4.69, 9.17) is 11.5 Å². The topological polar surface area (TPSA) is 76.3 Å². The molecule has 6 nitrogen and oxygen atoms in total. The van der Waals surface area contributed by atoms with Gasteiger partial charge in [0.15, 0.2) is 5.82 Å². The van der Waals surface area contributed by atoms with Crippen LogP contribution >= 0.6 is 11.8 Å². The summed E-state index contributed by atoms with van der Waals surface area (Å²) < 4.78 is 58.6. The number of rotatable bonds is 3. The highest BCUT2D eigenvalue weighted by Gasteiger charge is 2.40. The van der Waals surface area contributed by atoms with Crippen molar-refractivity contribution in [2.75, 3.05) is 22.9 Å². The number of hydrogen-bond acceptors (Lipinski definition) is 6. The Labute approximate surface area is 175 Å². The maximum absolute atomic E-state index is 14.5. The summed E-state index contributed by atoms with van der Waals surface area (Å²) in [5, 5.41) is 3.93. The van der Waals surface area contributed by atoms with Gasteiger partial charge in [-0.25, -0.2) is 17.6 Å². The first-order chi connectivity index (χ1) is 14.1. The fourth-order valence-corrected chi connectivity index (χ4v) is 4.94. The van der Waals surface area contributed by atoms with Crippen molar-refractivity contribution in [1.82, 2.24) is 9.78 Å². The highest BCUT2D eigenvalue weighted by atomic mass is 32.2. The van der Waals surface area contributed by atoms with E-state index in [0.29, 0.717) is 29.5 Å². The second-order valence-corrected chi connectivity index (χ2v) is 8.74. The molecule has 11 heteroatoms. The summed E-state index contributed by atoms with van der Waals surface area (Å²) in [4.78, 5) is 3.18. The molecule has 0 radical (unpaired) electrons. The van der Waals surface area contributed by atoms with Crippen LogP contribution in [0.3, 0.4) is 0 Å². The summed E-state index contributed by atoms with van der Waals surface area (Å²) in [5.41, 5.74) is 12.4. The van der Waals surface area contributed by atoms with E-state index in [1.54, 1.807) is 23.0 Å². The molecule has 4 rings (SSSR count). The van der Waals surface area contributed by atoms with Gasteiger partial charge in [-0.3, -0.25) is 4.68 Å². The third-order valence-corrected chi connectivity index (χ3v) is 6.29. The Bertz CT molecular complexity index is 978. The van der Waals surface area contributed by atoms with Crippen LogP contribution in [0.1, 0.15) is 23.8 Å². The number of nitrogens with zero attached hydrogens (tertiary/aromatic N) is 4. The monoisotopic (exact) mass is 442 g/mol. The number of alkyl halides is 2. The number of nitrogens with two attached hydrogens (primary N) is 2. The van der Waals surface area contributed by atoms with Crippen LogP contribution in [0.25, 0.3) is 0 Å². The normalized spacial score (nSPS) is 24.1. The minimum absolute atomic E-state index is 0.106. The van der Waals surface area contributed by atoms with Gasteiger partial charge in [-0.05, 0) is 24.6 Å². The lowest BCUT2D eigenvalue weighted by Gasteiger charge is -2.31. The quantitative estimate of drug-likeness (QED) is 0.711. The fourth-order valence-electron chi connectivity index (χ4n) is 3.91. The fraction of sp³-hybridized carbons (Fsp3) is 0.421. The molecule has 2 aliphatic rings. The molecule has 162 valence electrons. The summed E-state index contributed by atoms with van der Waals surface area (Å²) in [7, 11) is 1.65. The van der Waals surface area contributed by atoms with E-state index < -0.39 is 35.5 Å². The molecule has 0 aliphatic carbocycles. The van der Waals surface area contributed by atoms with Gasteiger partial charge in [-0.1, -0.05) is 11.8 Å². The van der Waals surface area contributed by atoms with E-state index in [1.807, 2.05) is 0 Å². The zero-order chi connectivity index (χ0) is 21.6. The van der Waals surface area contributed by atoms with Gasteiger partial charge in [-0.2, -0.15) is 5.10 Å². The van der Waals surface area contributed by atoms with Crippen LogP contribution in [0, 0.1) is 11.6 Å². The summed E-state index contributed by atoms with van der Waals surface area (Å²) in [6, 6.07) is 2.60. The van der Waals surface area contributed by atoms with Crippen LogP contribution in [0.4, 0.5) is 29.1 Å². The molecule has 1 saturated heterocycles. The average molecular weight is 442 g/mol. The third kappa shape index (κ3) is 3.95. The highest BCUT2D eigenvalue weighted by Crippen LogP contribution is 2.48. The molecule has 2 aromatic rings. The van der Waals surface area contributed by atoms with E-state index >= 15 is 0 Å². The van der Waals surface area contributed by atoms with Crippen molar-refractivity contribution < 1.29 is 17.6 Å². The summed E-state index contributed by atoms with van der Waals surface area (Å²) in [6.07, 6.45) is 3.11. The molecular weight excluding hydrogens is 420 g/mol. The minimum Gasteiger partial charge on any atom is -0.392 e. The van der Waals surface area contributed by atoms with Gasteiger partial charge >= 0.3 is 0 Å². The van der Waals surface area contributed by atoms with Gasteiger partial charge in [0.1, 0.15) is 22.7 Å². The zero-order valence-corrected chi connectivity index (χ0v) is 17.1. The first kappa shape index (κ1) is 20.9. The molecule has 2 unspecified atom stereocenters. The Morgan fingerprint density at radius 1 is 1.27 bits per heavy atom. The van der Waals surface area contributed by atoms with Gasteiger partial charge in [0.2, 0.25) is 0 Å². The SMILES string of the molecule is Cn1ncc(N2C=C(N)SC2c2cc(F)ccc2F)c1N1CCC(N)CC(F)(F)C1. The van der Waals surface area contributed by atoms with Crippen LogP contribution in [-0.4, -0.2) is 34.8 Å². The second kappa shape index (κ2) is 7.69. The van der Waals surface area contributed by atoms with Crippen molar-refractivity contribution in [3.63, 3.8) is 0 Å². The smallest absolute Gasteiger partial charge is 0.266 e. The Balaban J connectivity index is 1.74. The first-order valence-electron chi connectivity index (χ1n) is 9.42.